The minimum Gasteiger partial charge on any atom is -0.478 e. The number of rotatable bonds is 4. The fourth-order valence-electron chi connectivity index (χ4n) is 1.60. The van der Waals surface area contributed by atoms with Crippen LogP contribution < -0.4 is 5.32 Å². The number of carboxylic acids is 1. The van der Waals surface area contributed by atoms with Crippen molar-refractivity contribution in [3.05, 3.63) is 51.5 Å². The number of amides is 1. The average molecular weight is 276 g/mol. The number of aromatic carboxylic acids is 1. The molecule has 0 aliphatic heterocycles. The van der Waals surface area contributed by atoms with Crippen LogP contribution in [0.5, 0.6) is 0 Å². The van der Waals surface area contributed by atoms with Crippen LogP contribution in [0.2, 0.25) is 0 Å². The van der Waals surface area contributed by atoms with Crippen molar-refractivity contribution in [1.82, 2.24) is 10.3 Å². The molecule has 98 valence electrons. The lowest BCUT2D eigenvalue weighted by atomic mass is 10.1. The quantitative estimate of drug-likeness (QED) is 0.896. The maximum absolute atomic E-state index is 12.0. The van der Waals surface area contributed by atoms with Gasteiger partial charge in [-0.1, -0.05) is 12.1 Å². The van der Waals surface area contributed by atoms with Crippen LogP contribution in [-0.4, -0.2) is 22.0 Å². The van der Waals surface area contributed by atoms with E-state index in [0.717, 1.165) is 10.7 Å². The second kappa shape index (κ2) is 5.62. The number of carbonyl (C=O) groups excluding carboxylic acids is 1. The molecule has 1 amide bonds. The second-order valence-corrected chi connectivity index (χ2v) is 4.86. The van der Waals surface area contributed by atoms with Crippen LogP contribution >= 0.6 is 11.3 Å². The summed E-state index contributed by atoms with van der Waals surface area (Å²) in [6.07, 6.45) is 0. The third-order valence-electron chi connectivity index (χ3n) is 2.47. The summed E-state index contributed by atoms with van der Waals surface area (Å²) in [5.74, 6) is -1.53. The zero-order chi connectivity index (χ0) is 13.8. The second-order valence-electron chi connectivity index (χ2n) is 3.92. The van der Waals surface area contributed by atoms with Crippen LogP contribution in [0.15, 0.2) is 29.6 Å². The lowest BCUT2D eigenvalue weighted by Crippen LogP contribution is -2.24. The van der Waals surface area contributed by atoms with Crippen LogP contribution in [0.4, 0.5) is 0 Å². The standard InChI is InChI=1S/C13H12N2O3S/c1-8-7-19-11(15-8)6-14-12(16)9-4-2-3-5-10(9)13(17)18/h2-5,7H,6H2,1H3,(H,14,16)(H,17,18). The smallest absolute Gasteiger partial charge is 0.336 e. The highest BCUT2D eigenvalue weighted by atomic mass is 32.1. The molecule has 1 heterocycles. The first-order valence-electron chi connectivity index (χ1n) is 5.59. The van der Waals surface area contributed by atoms with E-state index in [2.05, 4.69) is 10.3 Å². The summed E-state index contributed by atoms with van der Waals surface area (Å²) < 4.78 is 0. The number of aromatic nitrogens is 1. The summed E-state index contributed by atoms with van der Waals surface area (Å²) in [4.78, 5) is 27.2. The van der Waals surface area contributed by atoms with Gasteiger partial charge in [-0.25, -0.2) is 9.78 Å². The largest absolute Gasteiger partial charge is 0.478 e. The summed E-state index contributed by atoms with van der Waals surface area (Å²) in [7, 11) is 0. The molecule has 0 aliphatic rings. The molecule has 19 heavy (non-hydrogen) atoms. The van der Waals surface area contributed by atoms with Crippen LogP contribution in [-0.2, 0) is 6.54 Å². The van der Waals surface area contributed by atoms with Gasteiger partial charge in [-0.05, 0) is 19.1 Å². The van der Waals surface area contributed by atoms with Crippen molar-refractivity contribution in [2.45, 2.75) is 13.5 Å². The van der Waals surface area contributed by atoms with Crippen LogP contribution in [0, 0.1) is 6.92 Å². The molecule has 6 heteroatoms. The van der Waals surface area contributed by atoms with Gasteiger partial charge in [0.05, 0.1) is 17.7 Å². The molecule has 2 N–H and O–H groups in total. The van der Waals surface area contributed by atoms with E-state index in [1.807, 2.05) is 12.3 Å². The van der Waals surface area contributed by atoms with Gasteiger partial charge in [0.25, 0.3) is 5.91 Å². The molecule has 0 atom stereocenters. The van der Waals surface area contributed by atoms with Crippen molar-refractivity contribution in [3.8, 4) is 0 Å². The minimum absolute atomic E-state index is 0.00433. The number of carbonyl (C=O) groups is 2. The fraction of sp³-hybridized carbons (Fsp3) is 0.154. The van der Waals surface area contributed by atoms with Crippen LogP contribution in [0.1, 0.15) is 31.4 Å². The summed E-state index contributed by atoms with van der Waals surface area (Å²) in [6, 6.07) is 6.12. The minimum atomic E-state index is -1.11. The van der Waals surface area contributed by atoms with Crippen LogP contribution in [0.3, 0.4) is 0 Å². The number of thiazole rings is 1. The van der Waals surface area contributed by atoms with Gasteiger partial charge in [-0.3, -0.25) is 4.79 Å². The van der Waals surface area contributed by atoms with E-state index in [-0.39, 0.29) is 11.1 Å². The Balaban J connectivity index is 2.10. The van der Waals surface area contributed by atoms with E-state index < -0.39 is 11.9 Å². The molecule has 0 spiro atoms. The van der Waals surface area contributed by atoms with Gasteiger partial charge in [0.2, 0.25) is 0 Å². The molecule has 1 aromatic carbocycles. The Morgan fingerprint density at radius 3 is 2.58 bits per heavy atom. The molecule has 0 saturated heterocycles. The van der Waals surface area contributed by atoms with E-state index in [0.29, 0.717) is 6.54 Å². The Labute approximate surface area is 113 Å². The van der Waals surface area contributed by atoms with Gasteiger partial charge in [-0.15, -0.1) is 11.3 Å². The Bertz CT molecular complexity index is 622. The van der Waals surface area contributed by atoms with E-state index in [1.165, 1.54) is 23.5 Å². The molecule has 0 unspecified atom stereocenters. The van der Waals surface area contributed by atoms with Gasteiger partial charge in [0, 0.05) is 11.1 Å². The van der Waals surface area contributed by atoms with Gasteiger partial charge >= 0.3 is 5.97 Å². The van der Waals surface area contributed by atoms with Crippen LogP contribution in [0.25, 0.3) is 0 Å². The van der Waals surface area contributed by atoms with Crippen molar-refractivity contribution < 1.29 is 14.7 Å². The Morgan fingerprint density at radius 2 is 2.00 bits per heavy atom. The van der Waals surface area contributed by atoms with Gasteiger partial charge in [0.1, 0.15) is 5.01 Å². The molecule has 0 bridgehead atoms. The molecule has 5 nitrogen and oxygen atoms in total. The highest BCUT2D eigenvalue weighted by Gasteiger charge is 2.15. The Hall–Kier alpha value is -2.21. The van der Waals surface area contributed by atoms with Gasteiger partial charge in [-0.2, -0.15) is 0 Å². The molecule has 0 fully saturated rings. The lowest BCUT2D eigenvalue weighted by Gasteiger charge is -2.06. The first kappa shape index (κ1) is 13.2. The van der Waals surface area contributed by atoms with Gasteiger partial charge in [0.15, 0.2) is 0 Å². The first-order valence-corrected chi connectivity index (χ1v) is 6.47. The average Bonchev–Trinajstić information content (AvgIpc) is 2.81. The van der Waals surface area contributed by atoms with Crippen molar-refractivity contribution in [1.29, 1.82) is 0 Å². The fourth-order valence-corrected chi connectivity index (χ4v) is 2.31. The Kier molecular flexibility index (Phi) is 3.91. The summed E-state index contributed by atoms with van der Waals surface area (Å²) >= 11 is 1.46. The highest BCUT2D eigenvalue weighted by Crippen LogP contribution is 2.11. The number of aryl methyl sites for hydroxylation is 1. The van der Waals surface area contributed by atoms with Crippen molar-refractivity contribution in [2.24, 2.45) is 0 Å². The molecule has 2 aromatic rings. The number of carboxylic acid groups (broad SMARTS) is 1. The Morgan fingerprint density at radius 1 is 1.32 bits per heavy atom. The van der Waals surface area contributed by atoms with E-state index in [4.69, 9.17) is 5.11 Å². The third kappa shape index (κ3) is 3.17. The van der Waals surface area contributed by atoms with E-state index >= 15 is 0 Å². The summed E-state index contributed by atoms with van der Waals surface area (Å²) in [5, 5.41) is 14.4. The lowest BCUT2D eigenvalue weighted by molar-refractivity contribution is 0.0691. The normalized spacial score (nSPS) is 10.2. The van der Waals surface area contributed by atoms with Crippen molar-refractivity contribution in [2.75, 3.05) is 0 Å². The molecule has 0 radical (unpaired) electrons. The summed E-state index contributed by atoms with van der Waals surface area (Å²) in [5.41, 5.74) is 1.05. The molecule has 0 saturated carbocycles. The number of hydrogen-bond donors (Lipinski definition) is 2. The zero-order valence-electron chi connectivity index (χ0n) is 10.2. The third-order valence-corrected chi connectivity index (χ3v) is 3.44. The van der Waals surface area contributed by atoms with Crippen molar-refractivity contribution >= 4 is 23.2 Å². The van der Waals surface area contributed by atoms with Gasteiger partial charge < -0.3 is 10.4 Å². The molecule has 2 rings (SSSR count). The first-order chi connectivity index (χ1) is 9.08. The highest BCUT2D eigenvalue weighted by molar-refractivity contribution is 7.09. The SMILES string of the molecule is Cc1csc(CNC(=O)c2ccccc2C(=O)O)n1. The number of nitrogens with zero attached hydrogens (tertiary/aromatic N) is 1. The summed E-state index contributed by atoms with van der Waals surface area (Å²) in [6.45, 7) is 2.17. The maximum Gasteiger partial charge on any atom is 0.336 e. The predicted octanol–water partition coefficient (Wildman–Crippen LogP) is 2.08. The predicted molar refractivity (Wildman–Crippen MR) is 71.4 cm³/mol. The number of hydrogen-bond acceptors (Lipinski definition) is 4. The molecular formula is C13H12N2O3S. The topological polar surface area (TPSA) is 79.3 Å². The number of benzene rings is 1. The van der Waals surface area contributed by atoms with Crippen molar-refractivity contribution in [3.63, 3.8) is 0 Å². The molecular weight excluding hydrogens is 264 g/mol. The zero-order valence-corrected chi connectivity index (χ0v) is 11.0. The van der Waals surface area contributed by atoms with E-state index in [1.54, 1.807) is 12.1 Å². The monoisotopic (exact) mass is 276 g/mol. The molecule has 0 aliphatic carbocycles. The maximum atomic E-state index is 12.0. The molecule has 1 aromatic heterocycles. The van der Waals surface area contributed by atoms with E-state index in [9.17, 15) is 9.59 Å². The number of nitrogens with one attached hydrogen (secondary N) is 1.